The van der Waals surface area contributed by atoms with E-state index in [9.17, 15) is 19.2 Å². The van der Waals surface area contributed by atoms with Crippen LogP contribution in [0, 0.1) is 0 Å². The summed E-state index contributed by atoms with van der Waals surface area (Å²) in [6.45, 7) is 9.39. The molecule has 104 valence electrons. The average molecular weight is 268 g/mol. The van der Waals surface area contributed by atoms with E-state index in [0.29, 0.717) is 4.90 Å². The zero-order valence-corrected chi connectivity index (χ0v) is 11.3. The van der Waals surface area contributed by atoms with Gasteiger partial charge in [-0.05, 0) is 27.7 Å². The van der Waals surface area contributed by atoms with Gasteiger partial charge in [-0.3, -0.25) is 14.5 Å². The molecule has 0 saturated carbocycles. The van der Waals surface area contributed by atoms with Crippen molar-refractivity contribution in [3.63, 3.8) is 0 Å². The van der Waals surface area contributed by atoms with Crippen LogP contribution in [0.3, 0.4) is 0 Å². The van der Waals surface area contributed by atoms with Crippen LogP contribution in [0.25, 0.3) is 0 Å². The summed E-state index contributed by atoms with van der Waals surface area (Å²) in [5.41, 5.74) is 0.137. The van der Waals surface area contributed by atoms with Crippen LogP contribution in [0.5, 0.6) is 0 Å². The van der Waals surface area contributed by atoms with Gasteiger partial charge in [-0.2, -0.15) is 0 Å². The van der Waals surface area contributed by atoms with Gasteiger partial charge in [0.25, 0.3) is 0 Å². The van der Waals surface area contributed by atoms with E-state index in [2.05, 4.69) is 6.58 Å². The molecule has 1 fully saturated rings. The van der Waals surface area contributed by atoms with Crippen LogP contribution in [0.1, 0.15) is 27.7 Å². The normalized spacial score (nSPS) is 17.2. The fourth-order valence-corrected chi connectivity index (χ4v) is 1.58. The van der Waals surface area contributed by atoms with Gasteiger partial charge in [-0.25, -0.2) is 14.5 Å². The molecule has 1 aliphatic heterocycles. The molecule has 4 amide bonds. The first kappa shape index (κ1) is 14.9. The summed E-state index contributed by atoms with van der Waals surface area (Å²) in [6.07, 6.45) is -1.16. The number of imide groups is 2. The Hall–Kier alpha value is -2.18. The number of amides is 4. The summed E-state index contributed by atoms with van der Waals surface area (Å²) in [7, 11) is 0. The van der Waals surface area contributed by atoms with Crippen LogP contribution < -0.4 is 0 Å². The highest BCUT2D eigenvalue weighted by atomic mass is 16.6. The summed E-state index contributed by atoms with van der Waals surface area (Å²) in [4.78, 5) is 48.1. The first-order chi connectivity index (χ1) is 8.68. The Morgan fingerprint density at radius 2 is 1.58 bits per heavy atom. The minimum atomic E-state index is -1.16. The lowest BCUT2D eigenvalue weighted by atomic mass is 10.3. The lowest BCUT2D eigenvalue weighted by Crippen LogP contribution is -2.43. The van der Waals surface area contributed by atoms with Gasteiger partial charge in [-0.15, -0.1) is 0 Å². The number of hydrogen-bond acceptors (Lipinski definition) is 5. The Labute approximate surface area is 110 Å². The van der Waals surface area contributed by atoms with Crippen molar-refractivity contribution in [2.45, 2.75) is 40.0 Å². The van der Waals surface area contributed by atoms with Crippen molar-refractivity contribution in [3.05, 3.63) is 12.2 Å². The standard InChI is InChI=1S/C12H16N2O5/c1-6(2)11(17)19-8(5)14-10(16)9(15)13(7(3)4)12(14)18/h7-8H,1H2,2-5H3. The van der Waals surface area contributed by atoms with Crippen LogP contribution in [-0.4, -0.2) is 45.9 Å². The van der Waals surface area contributed by atoms with E-state index < -0.39 is 36.1 Å². The molecule has 7 heteroatoms. The maximum Gasteiger partial charge on any atom is 0.337 e. The fourth-order valence-electron chi connectivity index (χ4n) is 1.58. The molecular weight excluding hydrogens is 252 g/mol. The molecule has 1 unspecified atom stereocenters. The van der Waals surface area contributed by atoms with E-state index in [1.165, 1.54) is 13.8 Å². The van der Waals surface area contributed by atoms with Gasteiger partial charge in [0.1, 0.15) is 0 Å². The van der Waals surface area contributed by atoms with Gasteiger partial charge in [0.2, 0.25) is 0 Å². The predicted molar refractivity (Wildman–Crippen MR) is 64.6 cm³/mol. The summed E-state index contributed by atoms with van der Waals surface area (Å²) in [5, 5.41) is 0. The van der Waals surface area contributed by atoms with E-state index in [4.69, 9.17) is 4.74 Å². The number of urea groups is 1. The zero-order valence-electron chi connectivity index (χ0n) is 11.3. The number of nitrogens with zero attached hydrogens (tertiary/aromatic N) is 2. The fraction of sp³-hybridized carbons (Fsp3) is 0.500. The molecule has 0 bridgehead atoms. The molecule has 0 radical (unpaired) electrons. The number of hydrogen-bond donors (Lipinski definition) is 0. The maximum atomic E-state index is 12.0. The van der Waals surface area contributed by atoms with Crippen LogP contribution in [0.4, 0.5) is 4.79 Å². The second-order valence-electron chi connectivity index (χ2n) is 4.51. The second kappa shape index (κ2) is 5.21. The quantitative estimate of drug-likeness (QED) is 0.323. The molecule has 0 aliphatic carbocycles. The monoisotopic (exact) mass is 268 g/mol. The molecule has 1 atom stereocenters. The van der Waals surface area contributed by atoms with E-state index in [-0.39, 0.29) is 5.57 Å². The van der Waals surface area contributed by atoms with Crippen molar-refractivity contribution >= 4 is 23.8 Å². The Bertz CT molecular complexity index is 469. The Kier molecular flexibility index (Phi) is 4.08. The second-order valence-corrected chi connectivity index (χ2v) is 4.51. The van der Waals surface area contributed by atoms with Crippen LogP contribution in [0.2, 0.25) is 0 Å². The van der Waals surface area contributed by atoms with Crippen LogP contribution >= 0.6 is 0 Å². The smallest absolute Gasteiger partial charge is 0.337 e. The highest BCUT2D eigenvalue weighted by molar-refractivity contribution is 6.44. The average Bonchev–Trinajstić information content (AvgIpc) is 2.49. The van der Waals surface area contributed by atoms with Gasteiger partial charge in [0, 0.05) is 11.6 Å². The third-order valence-corrected chi connectivity index (χ3v) is 2.54. The molecule has 19 heavy (non-hydrogen) atoms. The maximum absolute atomic E-state index is 12.0. The zero-order chi connectivity index (χ0) is 14.9. The van der Waals surface area contributed by atoms with Crippen LogP contribution in [-0.2, 0) is 19.1 Å². The molecule has 0 aromatic carbocycles. The summed E-state index contributed by atoms with van der Waals surface area (Å²) >= 11 is 0. The van der Waals surface area contributed by atoms with Gasteiger partial charge in [0.15, 0.2) is 6.23 Å². The third kappa shape index (κ3) is 2.64. The van der Waals surface area contributed by atoms with Gasteiger partial charge in [-0.1, -0.05) is 6.58 Å². The highest BCUT2D eigenvalue weighted by Gasteiger charge is 2.48. The number of carbonyl (C=O) groups is 4. The van der Waals surface area contributed by atoms with Crippen molar-refractivity contribution in [1.82, 2.24) is 9.80 Å². The minimum Gasteiger partial charge on any atom is -0.438 e. The van der Waals surface area contributed by atoms with Crippen LogP contribution in [0.15, 0.2) is 12.2 Å². The van der Waals surface area contributed by atoms with E-state index in [0.717, 1.165) is 4.90 Å². The molecule has 1 saturated heterocycles. The molecule has 0 aromatic heterocycles. The number of esters is 1. The highest BCUT2D eigenvalue weighted by Crippen LogP contribution is 2.19. The molecule has 1 aliphatic rings. The first-order valence-corrected chi connectivity index (χ1v) is 5.75. The molecule has 0 N–H and O–H groups in total. The minimum absolute atomic E-state index is 0.137. The van der Waals surface area contributed by atoms with Crippen molar-refractivity contribution in [1.29, 1.82) is 0 Å². The Morgan fingerprint density at radius 1 is 1.11 bits per heavy atom. The summed E-state index contributed by atoms with van der Waals surface area (Å²) in [5.74, 6) is -2.65. The number of ether oxygens (including phenoxy) is 1. The van der Waals surface area contributed by atoms with Crippen molar-refractivity contribution in [3.8, 4) is 0 Å². The number of rotatable bonds is 4. The summed E-state index contributed by atoms with van der Waals surface area (Å²) in [6, 6.07) is -1.23. The molecule has 0 aromatic rings. The molecule has 0 spiro atoms. The molecular formula is C12H16N2O5. The SMILES string of the molecule is C=C(C)C(=O)OC(C)N1C(=O)C(=O)N(C(C)C)C1=O. The molecule has 1 rings (SSSR count). The van der Waals surface area contributed by atoms with E-state index in [1.54, 1.807) is 13.8 Å². The van der Waals surface area contributed by atoms with Gasteiger partial charge >= 0.3 is 23.8 Å². The Balaban J connectivity index is 2.92. The lowest BCUT2D eigenvalue weighted by molar-refractivity contribution is -0.156. The topological polar surface area (TPSA) is 84.0 Å². The van der Waals surface area contributed by atoms with Gasteiger partial charge in [0.05, 0.1) is 0 Å². The third-order valence-electron chi connectivity index (χ3n) is 2.54. The van der Waals surface area contributed by atoms with Crippen molar-refractivity contribution in [2.75, 3.05) is 0 Å². The van der Waals surface area contributed by atoms with Crippen molar-refractivity contribution in [2.24, 2.45) is 0 Å². The Morgan fingerprint density at radius 3 is 1.95 bits per heavy atom. The first-order valence-electron chi connectivity index (χ1n) is 5.75. The van der Waals surface area contributed by atoms with E-state index in [1.807, 2.05) is 0 Å². The predicted octanol–water partition coefficient (Wildman–Crippen LogP) is 0.651. The summed E-state index contributed by atoms with van der Waals surface area (Å²) < 4.78 is 4.88. The van der Waals surface area contributed by atoms with Crippen molar-refractivity contribution < 1.29 is 23.9 Å². The van der Waals surface area contributed by atoms with Gasteiger partial charge < -0.3 is 4.74 Å². The molecule has 1 heterocycles. The van der Waals surface area contributed by atoms with E-state index >= 15 is 0 Å². The lowest BCUT2D eigenvalue weighted by Gasteiger charge is -2.23. The largest absolute Gasteiger partial charge is 0.438 e. The molecule has 7 nitrogen and oxygen atoms in total. The number of carbonyl (C=O) groups excluding carboxylic acids is 4.